The van der Waals surface area contributed by atoms with E-state index >= 15 is 0 Å². The number of sulfonamides is 1. The van der Waals surface area contributed by atoms with Gasteiger partial charge in [-0.15, -0.1) is 0 Å². The van der Waals surface area contributed by atoms with Crippen molar-refractivity contribution < 1.29 is 22.7 Å². The van der Waals surface area contributed by atoms with Crippen molar-refractivity contribution in [3.8, 4) is 5.75 Å². The summed E-state index contributed by atoms with van der Waals surface area (Å²) in [7, 11) is -1.10. The van der Waals surface area contributed by atoms with Crippen molar-refractivity contribution in [2.75, 3.05) is 14.2 Å². The van der Waals surface area contributed by atoms with Crippen molar-refractivity contribution in [1.29, 1.82) is 0 Å². The van der Waals surface area contributed by atoms with Gasteiger partial charge in [0.25, 0.3) is 0 Å². The van der Waals surface area contributed by atoms with E-state index in [2.05, 4.69) is 18.6 Å². The molecule has 0 aliphatic heterocycles. The Bertz CT molecular complexity index is 873. The summed E-state index contributed by atoms with van der Waals surface area (Å²) in [5.74, 6) is -0.0215. The van der Waals surface area contributed by atoms with E-state index in [9.17, 15) is 13.2 Å². The van der Waals surface area contributed by atoms with Gasteiger partial charge in [-0.25, -0.2) is 17.9 Å². The fourth-order valence-corrected chi connectivity index (χ4v) is 3.27. The van der Waals surface area contributed by atoms with Gasteiger partial charge in [0, 0.05) is 0 Å². The zero-order valence-corrected chi connectivity index (χ0v) is 16.1. The molecule has 0 aromatic heterocycles. The molecular formula is C19H23NO5S. The molecular weight excluding hydrogens is 354 g/mol. The Kier molecular flexibility index (Phi) is 6.39. The second-order valence-electron chi connectivity index (χ2n) is 6.05. The number of esters is 1. The minimum atomic E-state index is -3.76. The summed E-state index contributed by atoms with van der Waals surface area (Å²) in [5.41, 5.74) is 2.20. The molecule has 0 spiro atoms. The van der Waals surface area contributed by atoms with Crippen LogP contribution in [0.1, 0.15) is 41.3 Å². The van der Waals surface area contributed by atoms with Crippen molar-refractivity contribution >= 4 is 16.0 Å². The first-order valence-electron chi connectivity index (χ1n) is 8.16. The molecule has 26 heavy (non-hydrogen) atoms. The Morgan fingerprint density at radius 3 is 2.31 bits per heavy atom. The van der Waals surface area contributed by atoms with Gasteiger partial charge in [0.15, 0.2) is 0 Å². The van der Waals surface area contributed by atoms with Crippen LogP contribution in [0.2, 0.25) is 0 Å². The van der Waals surface area contributed by atoms with Gasteiger partial charge in [-0.3, -0.25) is 0 Å². The van der Waals surface area contributed by atoms with Gasteiger partial charge in [-0.2, -0.15) is 0 Å². The number of nitrogens with one attached hydrogen (secondary N) is 1. The molecule has 6 nitrogen and oxygen atoms in total. The summed E-state index contributed by atoms with van der Waals surface area (Å²) >= 11 is 0. The second kappa shape index (κ2) is 8.33. The zero-order valence-electron chi connectivity index (χ0n) is 15.3. The number of rotatable bonds is 7. The summed E-state index contributed by atoms with van der Waals surface area (Å²) in [6.07, 6.45) is 0. The molecule has 0 unspecified atom stereocenters. The van der Waals surface area contributed by atoms with Crippen LogP contribution in [0.3, 0.4) is 0 Å². The third-order valence-corrected chi connectivity index (χ3v) is 5.41. The largest absolute Gasteiger partial charge is 0.495 e. The summed E-state index contributed by atoms with van der Waals surface area (Å²) in [6, 6.07) is 12.0. The normalized spacial score (nSPS) is 11.4. The second-order valence-corrected chi connectivity index (χ2v) is 7.90. The lowest BCUT2D eigenvalue weighted by atomic mass is 10.0. The van der Waals surface area contributed by atoms with Crippen molar-refractivity contribution in [1.82, 2.24) is 4.72 Å². The zero-order chi connectivity index (χ0) is 19.3. The van der Waals surface area contributed by atoms with E-state index in [1.165, 1.54) is 37.9 Å². The van der Waals surface area contributed by atoms with Gasteiger partial charge in [0.2, 0.25) is 10.0 Å². The predicted octanol–water partition coefficient (Wildman–Crippen LogP) is 3.08. The third kappa shape index (κ3) is 4.62. The molecule has 0 bridgehead atoms. The van der Waals surface area contributed by atoms with Gasteiger partial charge in [-0.1, -0.05) is 38.1 Å². The maximum absolute atomic E-state index is 12.3. The molecule has 7 heteroatoms. The number of benzene rings is 2. The minimum absolute atomic E-state index is 0.108. The van der Waals surface area contributed by atoms with Crippen LogP contribution in [0, 0.1) is 0 Å². The van der Waals surface area contributed by atoms with Crippen LogP contribution in [-0.2, 0) is 21.4 Å². The molecule has 0 aliphatic carbocycles. The SMILES string of the molecule is CNS(=O)(=O)c1cc(C(=O)OCc2ccc(C(C)C)cc2)ccc1OC. The van der Waals surface area contributed by atoms with Crippen LogP contribution in [-0.4, -0.2) is 28.5 Å². The van der Waals surface area contributed by atoms with Crippen LogP contribution in [0.5, 0.6) is 5.75 Å². The Labute approximate surface area is 154 Å². The smallest absolute Gasteiger partial charge is 0.338 e. The van der Waals surface area contributed by atoms with Crippen LogP contribution < -0.4 is 9.46 Å². The Hall–Kier alpha value is -2.38. The van der Waals surface area contributed by atoms with Crippen LogP contribution >= 0.6 is 0 Å². The third-order valence-electron chi connectivity index (χ3n) is 3.97. The first kappa shape index (κ1) is 19.9. The lowest BCUT2D eigenvalue weighted by Crippen LogP contribution is -2.20. The number of methoxy groups -OCH3 is 1. The molecule has 0 saturated carbocycles. The maximum Gasteiger partial charge on any atom is 0.338 e. The molecule has 0 heterocycles. The van der Waals surface area contributed by atoms with Crippen LogP contribution in [0.4, 0.5) is 0 Å². The fraction of sp³-hybridized carbons (Fsp3) is 0.316. The molecule has 2 rings (SSSR count). The number of carbonyl (C=O) groups excluding carboxylic acids is 1. The monoisotopic (exact) mass is 377 g/mol. The highest BCUT2D eigenvalue weighted by atomic mass is 32.2. The summed E-state index contributed by atoms with van der Waals surface area (Å²) in [4.78, 5) is 12.2. The lowest BCUT2D eigenvalue weighted by molar-refractivity contribution is 0.0472. The van der Waals surface area contributed by atoms with Gasteiger partial charge >= 0.3 is 5.97 Å². The van der Waals surface area contributed by atoms with Gasteiger partial charge in [0.05, 0.1) is 12.7 Å². The minimum Gasteiger partial charge on any atom is -0.495 e. The Morgan fingerprint density at radius 2 is 1.77 bits per heavy atom. The molecule has 2 aromatic rings. The molecule has 140 valence electrons. The highest BCUT2D eigenvalue weighted by Crippen LogP contribution is 2.25. The molecule has 0 saturated heterocycles. The Balaban J connectivity index is 2.15. The van der Waals surface area contributed by atoms with Gasteiger partial charge in [0.1, 0.15) is 17.3 Å². The number of carbonyl (C=O) groups is 1. The predicted molar refractivity (Wildman–Crippen MR) is 98.9 cm³/mol. The number of hydrogen-bond acceptors (Lipinski definition) is 5. The van der Waals surface area contributed by atoms with E-state index in [0.717, 1.165) is 5.56 Å². The summed E-state index contributed by atoms with van der Waals surface area (Å²) in [5, 5.41) is 0. The fourth-order valence-electron chi connectivity index (χ4n) is 2.35. The van der Waals surface area contributed by atoms with Crippen molar-refractivity contribution in [3.63, 3.8) is 0 Å². The topological polar surface area (TPSA) is 81.7 Å². The Morgan fingerprint density at radius 1 is 1.12 bits per heavy atom. The van der Waals surface area contributed by atoms with E-state index in [1.54, 1.807) is 0 Å². The van der Waals surface area contributed by atoms with E-state index in [4.69, 9.17) is 9.47 Å². The standard InChI is InChI=1S/C19H23NO5S/c1-13(2)15-7-5-14(6-8-15)12-25-19(21)16-9-10-17(24-4)18(11-16)26(22,23)20-3/h5-11,13,20H,12H2,1-4H3. The van der Waals surface area contributed by atoms with E-state index in [-0.39, 0.29) is 22.8 Å². The van der Waals surface area contributed by atoms with Gasteiger partial charge < -0.3 is 9.47 Å². The molecule has 0 atom stereocenters. The summed E-state index contributed by atoms with van der Waals surface area (Å²) < 4.78 is 36.7. The number of ether oxygens (including phenoxy) is 2. The average Bonchev–Trinajstić information content (AvgIpc) is 2.65. The molecule has 2 aromatic carbocycles. The molecule has 0 radical (unpaired) electrons. The molecule has 0 aliphatic rings. The van der Waals surface area contributed by atoms with E-state index < -0.39 is 16.0 Å². The molecule has 0 amide bonds. The average molecular weight is 377 g/mol. The number of hydrogen-bond donors (Lipinski definition) is 1. The molecule has 0 fully saturated rings. The van der Waals surface area contributed by atoms with Crippen molar-refractivity contribution in [3.05, 3.63) is 59.2 Å². The van der Waals surface area contributed by atoms with Crippen molar-refractivity contribution in [2.24, 2.45) is 0 Å². The maximum atomic E-state index is 12.3. The first-order chi connectivity index (χ1) is 12.3. The highest BCUT2D eigenvalue weighted by molar-refractivity contribution is 7.89. The quantitative estimate of drug-likeness (QED) is 0.750. The summed E-state index contributed by atoms with van der Waals surface area (Å²) in [6.45, 7) is 4.32. The molecule has 1 N–H and O–H groups in total. The van der Waals surface area contributed by atoms with Crippen LogP contribution in [0.15, 0.2) is 47.4 Å². The van der Waals surface area contributed by atoms with E-state index in [1.807, 2.05) is 24.3 Å². The van der Waals surface area contributed by atoms with E-state index in [0.29, 0.717) is 5.92 Å². The lowest BCUT2D eigenvalue weighted by Gasteiger charge is -2.11. The van der Waals surface area contributed by atoms with Crippen LogP contribution in [0.25, 0.3) is 0 Å². The van der Waals surface area contributed by atoms with Crippen molar-refractivity contribution in [2.45, 2.75) is 31.3 Å². The highest BCUT2D eigenvalue weighted by Gasteiger charge is 2.20. The van der Waals surface area contributed by atoms with Gasteiger partial charge in [-0.05, 0) is 42.3 Å². The first-order valence-corrected chi connectivity index (χ1v) is 9.64.